The van der Waals surface area contributed by atoms with Crippen molar-refractivity contribution in [3.05, 3.63) is 48.8 Å². The van der Waals surface area contributed by atoms with Crippen LogP contribution < -0.4 is 10.6 Å². The van der Waals surface area contributed by atoms with Crippen molar-refractivity contribution in [2.45, 2.75) is 13.0 Å². The zero-order chi connectivity index (χ0) is 14.7. The fourth-order valence-corrected chi connectivity index (χ4v) is 2.51. The van der Waals surface area contributed by atoms with Crippen LogP contribution in [0.25, 0.3) is 11.0 Å². The Labute approximate surface area is 124 Å². The largest absolute Gasteiger partial charge is 0.375 e. The summed E-state index contributed by atoms with van der Waals surface area (Å²) in [5.41, 5.74) is 9.12. The summed E-state index contributed by atoms with van der Waals surface area (Å²) in [6.07, 6.45) is 4.53. The minimum absolute atomic E-state index is 0.556. The highest BCUT2D eigenvalue weighted by Gasteiger charge is 2.08. The van der Waals surface area contributed by atoms with E-state index in [9.17, 15) is 0 Å². The number of para-hydroxylation sites is 1. The van der Waals surface area contributed by atoms with Crippen molar-refractivity contribution < 1.29 is 0 Å². The van der Waals surface area contributed by atoms with E-state index >= 15 is 0 Å². The topological polar surface area (TPSA) is 60.0 Å². The Morgan fingerprint density at radius 1 is 1.19 bits per heavy atom. The molecule has 1 aromatic carbocycles. The van der Waals surface area contributed by atoms with Crippen molar-refractivity contribution in [2.24, 2.45) is 0 Å². The number of nitrogens with two attached hydrogens (primary N) is 1. The quantitative estimate of drug-likeness (QED) is 0.780. The summed E-state index contributed by atoms with van der Waals surface area (Å²) in [5.74, 6) is 0.556. The van der Waals surface area contributed by atoms with Gasteiger partial charge in [-0.2, -0.15) is 0 Å². The van der Waals surface area contributed by atoms with Gasteiger partial charge in [-0.25, -0.2) is 4.98 Å². The molecule has 2 N–H and O–H groups in total. The molecule has 0 aliphatic carbocycles. The van der Waals surface area contributed by atoms with E-state index in [-0.39, 0.29) is 0 Å². The molecule has 0 spiro atoms. The number of aromatic nitrogens is 3. The molecule has 2 aromatic heterocycles. The fourth-order valence-electron chi connectivity index (χ4n) is 2.51. The third-order valence-corrected chi connectivity index (χ3v) is 3.65. The van der Waals surface area contributed by atoms with Crippen LogP contribution in [0.1, 0.15) is 6.42 Å². The Morgan fingerprint density at radius 3 is 2.81 bits per heavy atom. The predicted octanol–water partition coefficient (Wildman–Crippen LogP) is 2.54. The molecule has 0 atom stereocenters. The Balaban J connectivity index is 1.66. The predicted molar refractivity (Wildman–Crippen MR) is 86.3 cm³/mol. The van der Waals surface area contributed by atoms with Gasteiger partial charge in [0, 0.05) is 32.0 Å². The van der Waals surface area contributed by atoms with E-state index in [4.69, 9.17) is 5.73 Å². The Bertz CT molecular complexity index is 720. The number of fused-ring (bicyclic) bond motifs is 1. The van der Waals surface area contributed by atoms with Crippen molar-refractivity contribution in [1.82, 2.24) is 14.5 Å². The van der Waals surface area contributed by atoms with E-state index < -0.39 is 0 Å². The van der Waals surface area contributed by atoms with Crippen molar-refractivity contribution in [2.75, 3.05) is 24.2 Å². The van der Waals surface area contributed by atoms with E-state index in [1.807, 2.05) is 12.1 Å². The number of nitrogen functional groups attached to an aromatic ring is 1. The van der Waals surface area contributed by atoms with Gasteiger partial charge in [-0.3, -0.25) is 4.98 Å². The molecule has 0 saturated carbocycles. The number of rotatable bonds is 5. The minimum atomic E-state index is 0.556. The molecule has 0 aliphatic heterocycles. The molecular formula is C16H19N5. The normalized spacial score (nSPS) is 10.9. The number of nitrogens with zero attached hydrogens (tertiary/aromatic N) is 4. The molecule has 5 nitrogen and oxygen atoms in total. The summed E-state index contributed by atoms with van der Waals surface area (Å²) in [5, 5.41) is 0. The maximum atomic E-state index is 5.99. The first-order chi connectivity index (χ1) is 10.3. The third-order valence-electron chi connectivity index (χ3n) is 3.65. The van der Waals surface area contributed by atoms with E-state index in [1.165, 1.54) is 5.69 Å². The first-order valence-corrected chi connectivity index (χ1v) is 7.07. The molecule has 0 fully saturated rings. The average Bonchev–Trinajstić information content (AvgIpc) is 2.84. The average molecular weight is 281 g/mol. The van der Waals surface area contributed by atoms with Crippen molar-refractivity contribution in [3.63, 3.8) is 0 Å². The third kappa shape index (κ3) is 2.81. The zero-order valence-electron chi connectivity index (χ0n) is 12.1. The number of hydrogen-bond donors (Lipinski definition) is 1. The van der Waals surface area contributed by atoms with Crippen molar-refractivity contribution >= 4 is 22.7 Å². The fraction of sp³-hybridized carbons (Fsp3) is 0.250. The number of imidazole rings is 1. The molecule has 0 amide bonds. The summed E-state index contributed by atoms with van der Waals surface area (Å²) in [6.45, 7) is 1.82. The van der Waals surface area contributed by atoms with Crippen LogP contribution in [0.4, 0.5) is 11.6 Å². The molecule has 0 unspecified atom stereocenters. The molecule has 3 aromatic rings. The molecule has 0 bridgehead atoms. The van der Waals surface area contributed by atoms with Crippen LogP contribution >= 0.6 is 0 Å². The molecule has 0 saturated heterocycles. The van der Waals surface area contributed by atoms with Gasteiger partial charge in [-0.15, -0.1) is 0 Å². The van der Waals surface area contributed by atoms with Gasteiger partial charge in [0.05, 0.1) is 11.7 Å². The molecule has 21 heavy (non-hydrogen) atoms. The van der Waals surface area contributed by atoms with Gasteiger partial charge < -0.3 is 15.2 Å². The number of hydrogen-bond acceptors (Lipinski definition) is 4. The van der Waals surface area contributed by atoms with Crippen LogP contribution in [0.3, 0.4) is 0 Å². The first kappa shape index (κ1) is 13.4. The Morgan fingerprint density at radius 2 is 2.00 bits per heavy atom. The van der Waals surface area contributed by atoms with Gasteiger partial charge in [0.2, 0.25) is 5.95 Å². The van der Waals surface area contributed by atoms with Gasteiger partial charge in [-0.1, -0.05) is 18.2 Å². The smallest absolute Gasteiger partial charge is 0.201 e. The van der Waals surface area contributed by atoms with Crippen LogP contribution in [0.15, 0.2) is 48.8 Å². The van der Waals surface area contributed by atoms with Crippen LogP contribution in [-0.2, 0) is 6.54 Å². The SMILES string of the molecule is CN(CCCn1c(N)nc2cnccc21)c1ccccc1. The Kier molecular flexibility index (Phi) is 3.73. The number of anilines is 2. The van der Waals surface area contributed by atoms with Crippen molar-refractivity contribution in [1.29, 1.82) is 0 Å². The van der Waals surface area contributed by atoms with Gasteiger partial charge >= 0.3 is 0 Å². The second kappa shape index (κ2) is 5.83. The molecule has 2 heterocycles. The zero-order valence-corrected chi connectivity index (χ0v) is 12.1. The Hall–Kier alpha value is -2.56. The second-order valence-electron chi connectivity index (χ2n) is 5.10. The van der Waals surface area contributed by atoms with Gasteiger partial charge in [0.15, 0.2) is 0 Å². The molecular weight excluding hydrogens is 262 g/mol. The van der Waals surface area contributed by atoms with E-state index in [1.54, 1.807) is 12.4 Å². The standard InChI is InChI=1S/C16H19N5/c1-20(13-6-3-2-4-7-13)10-5-11-21-15-8-9-18-12-14(15)19-16(21)17/h2-4,6-9,12H,5,10-11H2,1H3,(H2,17,19). The maximum Gasteiger partial charge on any atom is 0.201 e. The van der Waals surface area contributed by atoms with E-state index in [0.717, 1.165) is 30.5 Å². The minimum Gasteiger partial charge on any atom is -0.375 e. The highest BCUT2D eigenvalue weighted by Crippen LogP contribution is 2.17. The van der Waals surface area contributed by atoms with E-state index in [2.05, 4.69) is 50.7 Å². The monoisotopic (exact) mass is 281 g/mol. The molecule has 0 aliphatic rings. The van der Waals surface area contributed by atoms with Crippen molar-refractivity contribution in [3.8, 4) is 0 Å². The lowest BCUT2D eigenvalue weighted by Gasteiger charge is -2.19. The summed E-state index contributed by atoms with van der Waals surface area (Å²) in [6, 6.07) is 12.3. The van der Waals surface area contributed by atoms with Crippen LogP contribution in [-0.4, -0.2) is 28.1 Å². The number of aryl methyl sites for hydroxylation is 1. The lowest BCUT2D eigenvalue weighted by molar-refractivity contribution is 0.658. The number of pyridine rings is 1. The summed E-state index contributed by atoms with van der Waals surface area (Å²) < 4.78 is 2.05. The van der Waals surface area contributed by atoms with Crippen LogP contribution in [0.2, 0.25) is 0 Å². The van der Waals surface area contributed by atoms with Gasteiger partial charge in [-0.05, 0) is 24.6 Å². The van der Waals surface area contributed by atoms with Gasteiger partial charge in [0.25, 0.3) is 0 Å². The number of benzene rings is 1. The molecule has 108 valence electrons. The molecule has 0 radical (unpaired) electrons. The summed E-state index contributed by atoms with van der Waals surface area (Å²) in [4.78, 5) is 10.7. The van der Waals surface area contributed by atoms with E-state index in [0.29, 0.717) is 5.95 Å². The maximum absolute atomic E-state index is 5.99. The van der Waals surface area contributed by atoms with Gasteiger partial charge in [0.1, 0.15) is 5.52 Å². The highest BCUT2D eigenvalue weighted by molar-refractivity contribution is 5.76. The molecule has 5 heteroatoms. The molecule has 3 rings (SSSR count). The first-order valence-electron chi connectivity index (χ1n) is 7.07. The summed E-state index contributed by atoms with van der Waals surface area (Å²) >= 11 is 0. The second-order valence-corrected chi connectivity index (χ2v) is 5.10. The highest BCUT2D eigenvalue weighted by atomic mass is 15.2. The lowest BCUT2D eigenvalue weighted by Crippen LogP contribution is -2.20. The van der Waals surface area contributed by atoms with Crippen LogP contribution in [0.5, 0.6) is 0 Å². The lowest BCUT2D eigenvalue weighted by atomic mass is 10.3. The van der Waals surface area contributed by atoms with Crippen LogP contribution in [0, 0.1) is 0 Å². The summed E-state index contributed by atoms with van der Waals surface area (Å²) in [7, 11) is 2.11.